The van der Waals surface area contributed by atoms with E-state index in [0.29, 0.717) is 13.2 Å². The minimum Gasteiger partial charge on any atom is -0.379 e. The van der Waals surface area contributed by atoms with E-state index in [1.54, 1.807) is 6.21 Å². The molecule has 31 heavy (non-hydrogen) atoms. The number of sulfonamides is 1. The van der Waals surface area contributed by atoms with Crippen molar-refractivity contribution in [2.24, 2.45) is 5.10 Å². The Bertz CT molecular complexity index is 1070. The molecule has 10 heteroatoms. The van der Waals surface area contributed by atoms with E-state index >= 15 is 0 Å². The number of benzene rings is 2. The summed E-state index contributed by atoms with van der Waals surface area (Å²) in [5, 5.41) is 15.6. The van der Waals surface area contributed by atoms with Crippen molar-refractivity contribution in [1.82, 2.24) is 4.31 Å². The second-order valence-electron chi connectivity index (χ2n) is 8.19. The Morgan fingerprint density at radius 1 is 1.13 bits per heavy atom. The predicted octanol–water partition coefficient (Wildman–Crippen LogP) is 3.36. The lowest BCUT2D eigenvalue weighted by molar-refractivity contribution is -0.384. The van der Waals surface area contributed by atoms with E-state index in [1.165, 1.54) is 22.0 Å². The molecule has 3 rings (SSSR count). The Hall–Kier alpha value is -2.82. The van der Waals surface area contributed by atoms with Crippen molar-refractivity contribution in [3.63, 3.8) is 0 Å². The number of hydrazone groups is 1. The standard InChI is InChI=1S/C21H26N4O5S/c1-21(2,3)17-6-4-16(5-7-17)15-22-23-19-9-8-18(14-20(19)25(26)27)31(28,29)24-10-12-30-13-11-24/h4-9,14-15,23H,10-13H2,1-3H3/b22-15+. The molecule has 0 aromatic heterocycles. The smallest absolute Gasteiger partial charge is 0.295 e. The van der Waals surface area contributed by atoms with Crippen LogP contribution in [0, 0.1) is 10.1 Å². The van der Waals surface area contributed by atoms with Gasteiger partial charge in [0.1, 0.15) is 5.69 Å². The summed E-state index contributed by atoms with van der Waals surface area (Å²) in [6.07, 6.45) is 1.55. The average Bonchev–Trinajstić information content (AvgIpc) is 2.74. The van der Waals surface area contributed by atoms with Crippen LogP contribution in [0.5, 0.6) is 0 Å². The molecule has 2 aromatic rings. The number of ether oxygens (including phenoxy) is 1. The number of hydrogen-bond donors (Lipinski definition) is 1. The molecule has 0 saturated carbocycles. The quantitative estimate of drug-likeness (QED) is 0.413. The summed E-state index contributed by atoms with van der Waals surface area (Å²) in [5.74, 6) is 0. The molecule has 0 bridgehead atoms. The molecule has 1 N–H and O–H groups in total. The van der Waals surface area contributed by atoms with Gasteiger partial charge < -0.3 is 4.74 Å². The normalized spacial score (nSPS) is 15.8. The zero-order valence-corrected chi connectivity index (χ0v) is 18.6. The highest BCUT2D eigenvalue weighted by atomic mass is 32.2. The number of nitro groups is 1. The van der Waals surface area contributed by atoms with Crippen molar-refractivity contribution in [3.05, 3.63) is 63.7 Å². The van der Waals surface area contributed by atoms with E-state index in [1.807, 2.05) is 24.3 Å². The van der Waals surface area contributed by atoms with Gasteiger partial charge in [0.25, 0.3) is 5.69 Å². The van der Waals surface area contributed by atoms with Gasteiger partial charge in [-0.3, -0.25) is 15.5 Å². The lowest BCUT2D eigenvalue weighted by Crippen LogP contribution is -2.40. The van der Waals surface area contributed by atoms with Crippen LogP contribution in [0.15, 0.2) is 52.5 Å². The molecular formula is C21H26N4O5S. The van der Waals surface area contributed by atoms with E-state index in [4.69, 9.17) is 4.74 Å². The third-order valence-electron chi connectivity index (χ3n) is 4.95. The first-order valence-corrected chi connectivity index (χ1v) is 11.3. The van der Waals surface area contributed by atoms with E-state index in [-0.39, 0.29) is 34.8 Å². The van der Waals surface area contributed by atoms with Crippen LogP contribution >= 0.6 is 0 Å². The van der Waals surface area contributed by atoms with Crippen molar-refractivity contribution in [3.8, 4) is 0 Å². The monoisotopic (exact) mass is 446 g/mol. The van der Waals surface area contributed by atoms with Crippen LogP contribution in [0.3, 0.4) is 0 Å². The van der Waals surface area contributed by atoms with Crippen LogP contribution in [0.2, 0.25) is 0 Å². The molecule has 0 amide bonds. The first-order valence-electron chi connectivity index (χ1n) is 9.85. The number of nitrogens with zero attached hydrogens (tertiary/aromatic N) is 3. The molecule has 1 heterocycles. The van der Waals surface area contributed by atoms with E-state index in [2.05, 4.69) is 31.3 Å². The fraction of sp³-hybridized carbons (Fsp3) is 0.381. The zero-order chi connectivity index (χ0) is 22.6. The van der Waals surface area contributed by atoms with E-state index in [0.717, 1.165) is 11.6 Å². The third kappa shape index (κ3) is 5.46. The maximum absolute atomic E-state index is 12.8. The van der Waals surface area contributed by atoms with Crippen molar-refractivity contribution in [1.29, 1.82) is 0 Å². The molecule has 2 aromatic carbocycles. The minimum absolute atomic E-state index is 0.0395. The number of anilines is 1. The highest BCUT2D eigenvalue weighted by Gasteiger charge is 2.28. The molecule has 9 nitrogen and oxygen atoms in total. The molecule has 1 aliphatic rings. The number of nitro benzene ring substituents is 1. The molecule has 1 fully saturated rings. The molecule has 0 aliphatic carbocycles. The van der Waals surface area contributed by atoms with Crippen molar-refractivity contribution in [2.45, 2.75) is 31.1 Å². The van der Waals surface area contributed by atoms with Gasteiger partial charge in [0.15, 0.2) is 0 Å². The van der Waals surface area contributed by atoms with Gasteiger partial charge in [-0.25, -0.2) is 8.42 Å². The topological polar surface area (TPSA) is 114 Å². The van der Waals surface area contributed by atoms with E-state index < -0.39 is 14.9 Å². The van der Waals surface area contributed by atoms with Crippen LogP contribution in [0.4, 0.5) is 11.4 Å². The summed E-state index contributed by atoms with van der Waals surface area (Å²) in [4.78, 5) is 10.8. The van der Waals surface area contributed by atoms with Crippen LogP contribution in [0.1, 0.15) is 31.9 Å². The Morgan fingerprint density at radius 2 is 1.77 bits per heavy atom. The maximum Gasteiger partial charge on any atom is 0.295 e. The highest BCUT2D eigenvalue weighted by Crippen LogP contribution is 2.29. The van der Waals surface area contributed by atoms with Gasteiger partial charge in [0.2, 0.25) is 10.0 Å². The second kappa shape index (κ2) is 9.13. The van der Waals surface area contributed by atoms with Crippen molar-refractivity contribution in [2.75, 3.05) is 31.7 Å². The first-order chi connectivity index (χ1) is 14.6. The minimum atomic E-state index is -3.83. The highest BCUT2D eigenvalue weighted by molar-refractivity contribution is 7.89. The van der Waals surface area contributed by atoms with Crippen LogP contribution in [0.25, 0.3) is 0 Å². The van der Waals surface area contributed by atoms with Crippen LogP contribution in [-0.2, 0) is 20.2 Å². The van der Waals surface area contributed by atoms with Gasteiger partial charge in [0, 0.05) is 19.2 Å². The molecule has 1 aliphatic heterocycles. The summed E-state index contributed by atoms with van der Waals surface area (Å²) < 4.78 is 32.0. The Balaban J connectivity index is 1.79. The zero-order valence-electron chi connectivity index (χ0n) is 17.7. The lowest BCUT2D eigenvalue weighted by Gasteiger charge is -2.26. The van der Waals surface area contributed by atoms with Gasteiger partial charge >= 0.3 is 0 Å². The summed E-state index contributed by atoms with van der Waals surface area (Å²) in [6.45, 7) is 7.40. The molecule has 0 spiro atoms. The summed E-state index contributed by atoms with van der Waals surface area (Å²) >= 11 is 0. The molecule has 0 unspecified atom stereocenters. The average molecular weight is 447 g/mol. The second-order valence-corrected chi connectivity index (χ2v) is 10.1. The Labute approximate surface area is 181 Å². The van der Waals surface area contributed by atoms with Crippen LogP contribution < -0.4 is 5.43 Å². The van der Waals surface area contributed by atoms with Gasteiger partial charge in [-0.05, 0) is 28.7 Å². The summed E-state index contributed by atoms with van der Waals surface area (Å²) in [5.41, 5.74) is 4.44. The predicted molar refractivity (Wildman–Crippen MR) is 119 cm³/mol. The fourth-order valence-corrected chi connectivity index (χ4v) is 4.53. The summed E-state index contributed by atoms with van der Waals surface area (Å²) in [7, 11) is -3.83. The Kier molecular flexibility index (Phi) is 6.73. The molecular weight excluding hydrogens is 420 g/mol. The van der Waals surface area contributed by atoms with Gasteiger partial charge in [0.05, 0.1) is 29.2 Å². The molecule has 0 atom stereocenters. The third-order valence-corrected chi connectivity index (χ3v) is 6.84. The van der Waals surface area contributed by atoms with Crippen LogP contribution in [-0.4, -0.2) is 50.2 Å². The summed E-state index contributed by atoms with van der Waals surface area (Å²) in [6, 6.07) is 11.6. The van der Waals surface area contributed by atoms with Gasteiger partial charge in [-0.15, -0.1) is 0 Å². The SMILES string of the molecule is CC(C)(C)c1ccc(/C=N/Nc2ccc(S(=O)(=O)N3CCOCC3)cc2[N+](=O)[O-])cc1. The molecule has 1 saturated heterocycles. The number of nitrogens with one attached hydrogen (secondary N) is 1. The van der Waals surface area contributed by atoms with Gasteiger partial charge in [-0.1, -0.05) is 45.0 Å². The maximum atomic E-state index is 12.8. The number of hydrogen-bond acceptors (Lipinski definition) is 7. The van der Waals surface area contributed by atoms with E-state index in [9.17, 15) is 18.5 Å². The van der Waals surface area contributed by atoms with Crippen molar-refractivity contribution < 1.29 is 18.1 Å². The largest absolute Gasteiger partial charge is 0.379 e. The number of morpholine rings is 1. The fourth-order valence-electron chi connectivity index (χ4n) is 3.10. The number of rotatable bonds is 6. The first kappa shape index (κ1) is 22.9. The molecule has 0 radical (unpaired) electrons. The Morgan fingerprint density at radius 3 is 2.35 bits per heavy atom. The van der Waals surface area contributed by atoms with Gasteiger partial charge in [-0.2, -0.15) is 9.41 Å². The lowest BCUT2D eigenvalue weighted by atomic mass is 9.87. The van der Waals surface area contributed by atoms with Crippen molar-refractivity contribution >= 4 is 27.6 Å². The molecule has 166 valence electrons.